The van der Waals surface area contributed by atoms with Crippen molar-refractivity contribution in [2.24, 2.45) is 5.92 Å². The fourth-order valence-electron chi connectivity index (χ4n) is 1.71. The Hall–Kier alpha value is -1.37. The van der Waals surface area contributed by atoms with E-state index in [0.29, 0.717) is 12.8 Å². The summed E-state index contributed by atoms with van der Waals surface area (Å²) >= 11 is 0. The topological polar surface area (TPSA) is 101 Å². The lowest BCUT2D eigenvalue weighted by Crippen LogP contribution is -2.44. The van der Waals surface area contributed by atoms with Crippen molar-refractivity contribution >= 4 is 21.7 Å². The summed E-state index contributed by atoms with van der Waals surface area (Å²) in [6.07, 6.45) is 5.87. The molecule has 0 saturated heterocycles. The molecule has 1 aliphatic carbocycles. The maximum Gasteiger partial charge on any atom is 0.326 e. The first-order chi connectivity index (χ1) is 8.29. The van der Waals surface area contributed by atoms with Gasteiger partial charge >= 0.3 is 5.97 Å². The van der Waals surface area contributed by atoms with Crippen LogP contribution in [0.2, 0.25) is 0 Å². The van der Waals surface area contributed by atoms with Gasteiger partial charge in [0.2, 0.25) is 5.91 Å². The van der Waals surface area contributed by atoms with Crippen LogP contribution in [-0.4, -0.2) is 43.5 Å². The molecule has 0 bridgehead atoms. The number of carboxylic acids is 1. The van der Waals surface area contributed by atoms with E-state index in [1.165, 1.54) is 0 Å². The lowest BCUT2D eigenvalue weighted by molar-refractivity contribution is -0.142. The van der Waals surface area contributed by atoms with E-state index in [-0.39, 0.29) is 24.0 Å². The lowest BCUT2D eigenvalue weighted by atomic mass is 10.1. The van der Waals surface area contributed by atoms with Crippen molar-refractivity contribution in [1.29, 1.82) is 0 Å². The van der Waals surface area contributed by atoms with E-state index in [2.05, 4.69) is 5.32 Å². The highest BCUT2D eigenvalue weighted by molar-refractivity contribution is 7.90. The molecular formula is C11H17NO5S. The van der Waals surface area contributed by atoms with Gasteiger partial charge < -0.3 is 10.4 Å². The average Bonchev–Trinajstić information content (AvgIpc) is 2.75. The molecule has 1 aliphatic rings. The van der Waals surface area contributed by atoms with Crippen molar-refractivity contribution in [3.63, 3.8) is 0 Å². The van der Waals surface area contributed by atoms with Gasteiger partial charge in [-0.05, 0) is 19.3 Å². The summed E-state index contributed by atoms with van der Waals surface area (Å²) in [6.45, 7) is 0. The van der Waals surface area contributed by atoms with Crippen LogP contribution in [0, 0.1) is 5.92 Å². The van der Waals surface area contributed by atoms with E-state index >= 15 is 0 Å². The maximum absolute atomic E-state index is 11.7. The monoisotopic (exact) mass is 275 g/mol. The second kappa shape index (κ2) is 5.99. The first-order valence-corrected chi connectivity index (χ1v) is 7.71. The van der Waals surface area contributed by atoms with Gasteiger partial charge in [-0.25, -0.2) is 13.2 Å². The van der Waals surface area contributed by atoms with Gasteiger partial charge in [0.05, 0.1) is 5.75 Å². The molecule has 6 nitrogen and oxygen atoms in total. The number of carbonyl (C=O) groups excluding carboxylic acids is 1. The quantitative estimate of drug-likeness (QED) is 0.662. The third-order valence-corrected chi connectivity index (χ3v) is 3.75. The normalized spacial score (nSPS) is 17.6. The van der Waals surface area contributed by atoms with E-state index in [1.807, 2.05) is 12.2 Å². The number of carbonyl (C=O) groups is 2. The average molecular weight is 275 g/mol. The van der Waals surface area contributed by atoms with Crippen molar-refractivity contribution in [3.05, 3.63) is 12.2 Å². The van der Waals surface area contributed by atoms with E-state index in [4.69, 9.17) is 5.11 Å². The number of hydrogen-bond donors (Lipinski definition) is 2. The highest BCUT2D eigenvalue weighted by Gasteiger charge is 2.26. The fraction of sp³-hybridized carbons (Fsp3) is 0.636. The summed E-state index contributed by atoms with van der Waals surface area (Å²) in [6, 6.07) is -1.15. The molecule has 0 aromatic heterocycles. The van der Waals surface area contributed by atoms with E-state index in [1.54, 1.807) is 0 Å². The first-order valence-electron chi connectivity index (χ1n) is 5.65. The highest BCUT2D eigenvalue weighted by Crippen LogP contribution is 2.17. The molecule has 0 heterocycles. The molecule has 102 valence electrons. The molecular weight excluding hydrogens is 258 g/mol. The van der Waals surface area contributed by atoms with Crippen molar-refractivity contribution in [1.82, 2.24) is 5.32 Å². The zero-order valence-corrected chi connectivity index (χ0v) is 10.9. The second-order valence-corrected chi connectivity index (χ2v) is 6.72. The minimum atomic E-state index is -3.23. The van der Waals surface area contributed by atoms with Gasteiger partial charge in [0.15, 0.2) is 0 Å². The van der Waals surface area contributed by atoms with Gasteiger partial charge in [0.1, 0.15) is 15.9 Å². The summed E-state index contributed by atoms with van der Waals surface area (Å²) in [4.78, 5) is 22.7. The van der Waals surface area contributed by atoms with Gasteiger partial charge in [0, 0.05) is 12.2 Å². The highest BCUT2D eigenvalue weighted by atomic mass is 32.2. The minimum Gasteiger partial charge on any atom is -0.480 e. The Bertz CT molecular complexity index is 446. The molecule has 0 saturated carbocycles. The maximum atomic E-state index is 11.7. The lowest BCUT2D eigenvalue weighted by Gasteiger charge is -2.16. The van der Waals surface area contributed by atoms with Crippen LogP contribution in [0.15, 0.2) is 12.2 Å². The Morgan fingerprint density at radius 3 is 2.39 bits per heavy atom. The Balaban J connectivity index is 2.52. The molecule has 0 aliphatic heterocycles. The summed E-state index contributed by atoms with van der Waals surface area (Å²) in [7, 11) is -3.23. The summed E-state index contributed by atoms with van der Waals surface area (Å²) < 4.78 is 22.0. The Morgan fingerprint density at radius 2 is 1.94 bits per heavy atom. The second-order valence-electron chi connectivity index (χ2n) is 4.46. The molecule has 18 heavy (non-hydrogen) atoms. The predicted octanol–water partition coefficient (Wildman–Crippen LogP) is -0.0433. The number of rotatable bonds is 6. The first kappa shape index (κ1) is 14.7. The summed E-state index contributed by atoms with van der Waals surface area (Å²) in [5, 5.41) is 11.3. The molecule has 7 heteroatoms. The smallest absolute Gasteiger partial charge is 0.326 e. The SMILES string of the molecule is CS(=O)(=O)CCC(NC(=O)C1CC=CC1)C(=O)O. The third kappa shape index (κ3) is 4.87. The number of aliphatic carboxylic acids is 1. The third-order valence-electron chi connectivity index (χ3n) is 2.77. The van der Waals surface area contributed by atoms with Crippen molar-refractivity contribution in [3.8, 4) is 0 Å². The Kier molecular flexibility index (Phi) is 4.89. The standard InChI is InChI=1S/C11H17NO5S/c1-18(16,17)7-6-9(11(14)15)12-10(13)8-4-2-3-5-8/h2-3,8-9H,4-7H2,1H3,(H,12,13)(H,14,15). The van der Waals surface area contributed by atoms with Crippen LogP contribution in [-0.2, 0) is 19.4 Å². The molecule has 2 N–H and O–H groups in total. The van der Waals surface area contributed by atoms with Gasteiger partial charge in [-0.15, -0.1) is 0 Å². The molecule has 0 aromatic carbocycles. The molecule has 1 unspecified atom stereocenters. The molecule has 0 radical (unpaired) electrons. The minimum absolute atomic E-state index is 0.111. The Morgan fingerprint density at radius 1 is 1.39 bits per heavy atom. The van der Waals surface area contributed by atoms with Crippen LogP contribution in [0.3, 0.4) is 0 Å². The van der Waals surface area contributed by atoms with Gasteiger partial charge in [0.25, 0.3) is 0 Å². The van der Waals surface area contributed by atoms with Crippen LogP contribution in [0.4, 0.5) is 0 Å². The van der Waals surface area contributed by atoms with Gasteiger partial charge in [-0.2, -0.15) is 0 Å². The number of carboxylic acid groups (broad SMARTS) is 1. The number of hydrogen-bond acceptors (Lipinski definition) is 4. The predicted molar refractivity (Wildman–Crippen MR) is 65.8 cm³/mol. The van der Waals surface area contributed by atoms with Crippen molar-refractivity contribution in [2.75, 3.05) is 12.0 Å². The number of nitrogens with one attached hydrogen (secondary N) is 1. The molecule has 0 aromatic rings. The molecule has 0 spiro atoms. The number of amides is 1. The van der Waals surface area contributed by atoms with E-state index in [0.717, 1.165) is 6.26 Å². The van der Waals surface area contributed by atoms with Crippen LogP contribution in [0.5, 0.6) is 0 Å². The van der Waals surface area contributed by atoms with Gasteiger partial charge in [-0.3, -0.25) is 4.79 Å². The number of allylic oxidation sites excluding steroid dienone is 2. The van der Waals surface area contributed by atoms with E-state index < -0.39 is 21.8 Å². The largest absolute Gasteiger partial charge is 0.480 e. The van der Waals surface area contributed by atoms with Crippen LogP contribution in [0.25, 0.3) is 0 Å². The van der Waals surface area contributed by atoms with E-state index in [9.17, 15) is 18.0 Å². The van der Waals surface area contributed by atoms with Gasteiger partial charge in [-0.1, -0.05) is 12.2 Å². The molecule has 1 rings (SSSR count). The molecule has 1 amide bonds. The summed E-state index contributed by atoms with van der Waals surface area (Å²) in [5.41, 5.74) is 0. The van der Waals surface area contributed by atoms with Crippen LogP contribution < -0.4 is 5.32 Å². The molecule has 0 fully saturated rings. The van der Waals surface area contributed by atoms with Crippen molar-refractivity contribution < 1.29 is 23.1 Å². The van der Waals surface area contributed by atoms with Crippen molar-refractivity contribution in [2.45, 2.75) is 25.3 Å². The fourth-order valence-corrected chi connectivity index (χ4v) is 2.37. The molecule has 1 atom stereocenters. The van der Waals surface area contributed by atoms with Crippen LogP contribution in [0.1, 0.15) is 19.3 Å². The Labute approximate surface area is 106 Å². The zero-order valence-electron chi connectivity index (χ0n) is 10.1. The summed E-state index contributed by atoms with van der Waals surface area (Å²) in [5.74, 6) is -2.03. The van der Waals surface area contributed by atoms with Crippen LogP contribution >= 0.6 is 0 Å². The number of sulfone groups is 1. The zero-order chi connectivity index (χ0) is 13.8.